The molecule has 0 radical (unpaired) electrons. The Kier molecular flexibility index (Phi) is 2.41. The van der Waals surface area contributed by atoms with Crippen LogP contribution in [0.2, 0.25) is 0 Å². The summed E-state index contributed by atoms with van der Waals surface area (Å²) in [5.41, 5.74) is 8.15. The molecule has 0 aliphatic carbocycles. The van der Waals surface area contributed by atoms with Gasteiger partial charge in [-0.1, -0.05) is 18.2 Å². The number of fused-ring (bicyclic) bond motifs is 3. The number of nitrogens with two attached hydrogens (primary N) is 1. The number of nitrogens with one attached hydrogen (secondary N) is 1. The van der Waals surface area contributed by atoms with Crippen LogP contribution in [-0.4, -0.2) is 6.54 Å². The van der Waals surface area contributed by atoms with Gasteiger partial charge >= 0.3 is 0 Å². The third-order valence-electron chi connectivity index (χ3n) is 2.93. The van der Waals surface area contributed by atoms with Gasteiger partial charge in [-0.05, 0) is 25.1 Å². The van der Waals surface area contributed by atoms with Crippen molar-refractivity contribution in [2.45, 2.75) is 6.92 Å². The maximum atomic E-state index is 6.11. The van der Waals surface area contributed by atoms with E-state index in [0.717, 1.165) is 12.2 Å². The van der Waals surface area contributed by atoms with Crippen LogP contribution in [0.1, 0.15) is 6.92 Å². The van der Waals surface area contributed by atoms with Crippen LogP contribution < -0.4 is 11.1 Å². The largest absolute Gasteiger partial charge is 0.398 e. The fraction of sp³-hybridized carbons (Fsp3) is 0.143. The normalized spacial score (nSPS) is 11.1. The molecule has 0 atom stereocenters. The SMILES string of the molecule is CCNc1ccc(N)c2c1sc1ccccc12. The third kappa shape index (κ3) is 1.54. The number of anilines is 2. The molecule has 3 rings (SSSR count). The molecule has 3 heteroatoms. The van der Waals surface area contributed by atoms with E-state index in [1.807, 2.05) is 6.07 Å². The molecule has 2 nitrogen and oxygen atoms in total. The van der Waals surface area contributed by atoms with E-state index >= 15 is 0 Å². The molecule has 0 saturated heterocycles. The Morgan fingerprint density at radius 3 is 2.82 bits per heavy atom. The van der Waals surface area contributed by atoms with E-state index < -0.39 is 0 Å². The third-order valence-corrected chi connectivity index (χ3v) is 4.13. The van der Waals surface area contributed by atoms with Crippen molar-refractivity contribution in [3.8, 4) is 0 Å². The van der Waals surface area contributed by atoms with Gasteiger partial charge in [-0.2, -0.15) is 0 Å². The smallest absolute Gasteiger partial charge is 0.0607 e. The van der Waals surface area contributed by atoms with Crippen LogP contribution in [-0.2, 0) is 0 Å². The maximum absolute atomic E-state index is 6.11. The standard InChI is InChI=1S/C14H14N2S/c1-2-16-11-8-7-10(15)13-9-5-3-4-6-12(9)17-14(11)13/h3-8,16H,2,15H2,1H3. The highest BCUT2D eigenvalue weighted by Crippen LogP contribution is 2.41. The second-order valence-corrected chi connectivity index (χ2v) is 5.09. The minimum absolute atomic E-state index is 0.860. The van der Waals surface area contributed by atoms with Gasteiger partial charge in [0.05, 0.1) is 10.4 Å². The van der Waals surface area contributed by atoms with E-state index in [-0.39, 0.29) is 0 Å². The van der Waals surface area contributed by atoms with Crippen LogP contribution in [0.15, 0.2) is 36.4 Å². The van der Waals surface area contributed by atoms with Crippen molar-refractivity contribution >= 4 is 42.9 Å². The Morgan fingerprint density at radius 2 is 2.00 bits per heavy atom. The molecule has 0 unspecified atom stereocenters. The summed E-state index contributed by atoms with van der Waals surface area (Å²) in [4.78, 5) is 0. The van der Waals surface area contributed by atoms with Crippen molar-refractivity contribution in [3.05, 3.63) is 36.4 Å². The molecule has 0 amide bonds. The second kappa shape index (κ2) is 3.93. The summed E-state index contributed by atoms with van der Waals surface area (Å²) in [6.45, 7) is 3.03. The molecule has 0 spiro atoms. The number of benzene rings is 2. The minimum Gasteiger partial charge on any atom is -0.398 e. The van der Waals surface area contributed by atoms with Crippen molar-refractivity contribution in [2.75, 3.05) is 17.6 Å². The number of hydrogen-bond donors (Lipinski definition) is 2. The van der Waals surface area contributed by atoms with Crippen LogP contribution in [0.5, 0.6) is 0 Å². The van der Waals surface area contributed by atoms with Gasteiger partial charge in [-0.25, -0.2) is 0 Å². The first-order valence-corrected chi connectivity index (χ1v) is 6.56. The Labute approximate surface area is 104 Å². The van der Waals surface area contributed by atoms with Gasteiger partial charge < -0.3 is 11.1 Å². The van der Waals surface area contributed by atoms with Gasteiger partial charge in [-0.3, -0.25) is 0 Å². The maximum Gasteiger partial charge on any atom is 0.0607 e. The van der Waals surface area contributed by atoms with Crippen LogP contribution in [0, 0.1) is 0 Å². The lowest BCUT2D eigenvalue weighted by Crippen LogP contribution is -1.97. The van der Waals surface area contributed by atoms with E-state index in [0.29, 0.717) is 0 Å². The van der Waals surface area contributed by atoms with Crippen LogP contribution in [0.4, 0.5) is 11.4 Å². The average molecular weight is 242 g/mol. The van der Waals surface area contributed by atoms with E-state index in [1.54, 1.807) is 11.3 Å². The van der Waals surface area contributed by atoms with E-state index in [1.165, 1.54) is 25.9 Å². The van der Waals surface area contributed by atoms with Gasteiger partial charge in [0.1, 0.15) is 0 Å². The molecule has 0 aliphatic heterocycles. The topological polar surface area (TPSA) is 38.0 Å². The Hall–Kier alpha value is -1.74. The van der Waals surface area contributed by atoms with Gasteiger partial charge in [0, 0.05) is 27.7 Å². The molecule has 3 N–H and O–H groups in total. The predicted molar refractivity (Wildman–Crippen MR) is 77.9 cm³/mol. The summed E-state index contributed by atoms with van der Waals surface area (Å²) in [6, 6.07) is 12.5. The molecule has 86 valence electrons. The van der Waals surface area contributed by atoms with Crippen molar-refractivity contribution in [3.63, 3.8) is 0 Å². The molecular weight excluding hydrogens is 228 g/mol. The Balaban J connectivity index is 2.45. The van der Waals surface area contributed by atoms with Crippen LogP contribution >= 0.6 is 11.3 Å². The Morgan fingerprint density at radius 1 is 1.18 bits per heavy atom. The molecule has 0 fully saturated rings. The first kappa shape index (κ1) is 10.4. The number of thiophene rings is 1. The molecule has 0 saturated carbocycles. The Bertz CT molecular complexity index is 685. The van der Waals surface area contributed by atoms with E-state index in [9.17, 15) is 0 Å². The fourth-order valence-corrected chi connectivity index (χ4v) is 3.41. The summed E-state index contributed by atoms with van der Waals surface area (Å²) >= 11 is 1.80. The molecule has 0 aliphatic rings. The highest BCUT2D eigenvalue weighted by molar-refractivity contribution is 7.26. The summed E-state index contributed by atoms with van der Waals surface area (Å²) in [5, 5.41) is 5.83. The summed E-state index contributed by atoms with van der Waals surface area (Å²) < 4.78 is 2.55. The van der Waals surface area contributed by atoms with Gasteiger partial charge in [0.2, 0.25) is 0 Å². The zero-order chi connectivity index (χ0) is 11.8. The fourth-order valence-electron chi connectivity index (χ4n) is 2.18. The van der Waals surface area contributed by atoms with Gasteiger partial charge in [-0.15, -0.1) is 11.3 Å². The summed E-state index contributed by atoms with van der Waals surface area (Å²) in [7, 11) is 0. The van der Waals surface area contributed by atoms with Crippen LogP contribution in [0.3, 0.4) is 0 Å². The van der Waals surface area contributed by atoms with E-state index in [2.05, 4.69) is 42.6 Å². The van der Waals surface area contributed by atoms with Crippen molar-refractivity contribution < 1.29 is 0 Å². The summed E-state index contributed by atoms with van der Waals surface area (Å²) in [6.07, 6.45) is 0. The first-order valence-electron chi connectivity index (χ1n) is 5.75. The lowest BCUT2D eigenvalue weighted by Gasteiger charge is -2.06. The number of nitrogen functional groups attached to an aromatic ring is 1. The summed E-state index contributed by atoms with van der Waals surface area (Å²) in [5.74, 6) is 0. The molecule has 0 bridgehead atoms. The van der Waals surface area contributed by atoms with Crippen molar-refractivity contribution in [1.29, 1.82) is 0 Å². The molecule has 2 aromatic carbocycles. The molecule has 1 aromatic heterocycles. The van der Waals surface area contributed by atoms with Gasteiger partial charge in [0.25, 0.3) is 0 Å². The second-order valence-electron chi connectivity index (χ2n) is 4.04. The molecule has 1 heterocycles. The van der Waals surface area contributed by atoms with E-state index in [4.69, 9.17) is 5.73 Å². The monoisotopic (exact) mass is 242 g/mol. The minimum atomic E-state index is 0.860. The zero-order valence-corrected chi connectivity index (χ0v) is 10.5. The van der Waals surface area contributed by atoms with Crippen LogP contribution in [0.25, 0.3) is 20.2 Å². The number of hydrogen-bond acceptors (Lipinski definition) is 3. The van der Waals surface area contributed by atoms with Crippen molar-refractivity contribution in [2.24, 2.45) is 0 Å². The molecule has 17 heavy (non-hydrogen) atoms. The molecule has 3 aromatic rings. The first-order chi connectivity index (χ1) is 8.31. The predicted octanol–water partition coefficient (Wildman–Crippen LogP) is 4.07. The highest BCUT2D eigenvalue weighted by Gasteiger charge is 2.10. The van der Waals surface area contributed by atoms with Crippen molar-refractivity contribution in [1.82, 2.24) is 0 Å². The van der Waals surface area contributed by atoms with Gasteiger partial charge in [0.15, 0.2) is 0 Å². The highest BCUT2D eigenvalue weighted by atomic mass is 32.1. The number of rotatable bonds is 2. The lowest BCUT2D eigenvalue weighted by atomic mass is 10.1. The average Bonchev–Trinajstić information content (AvgIpc) is 2.73. The zero-order valence-electron chi connectivity index (χ0n) is 9.66. The lowest BCUT2D eigenvalue weighted by molar-refractivity contribution is 1.22. The quantitative estimate of drug-likeness (QED) is 0.665. The molecular formula is C14H14N2S.